The van der Waals surface area contributed by atoms with Crippen molar-refractivity contribution in [2.24, 2.45) is 0 Å². The molecule has 3 rings (SSSR count). The Labute approximate surface area is 170 Å². The molecule has 8 heteroatoms. The van der Waals surface area contributed by atoms with Crippen LogP contribution in [0.1, 0.15) is 13.8 Å². The molecule has 0 radical (unpaired) electrons. The van der Waals surface area contributed by atoms with E-state index in [4.69, 9.17) is 4.74 Å². The first-order chi connectivity index (χ1) is 13.3. The molecule has 0 aliphatic rings. The molecule has 3 aromatic rings. The maximum absolute atomic E-state index is 12.1. The van der Waals surface area contributed by atoms with E-state index in [9.17, 15) is 15.0 Å². The van der Waals surface area contributed by atoms with Crippen LogP contribution in [0, 0.1) is 0 Å². The highest BCUT2D eigenvalue weighted by molar-refractivity contribution is 9.10. The Kier molecular flexibility index (Phi) is 5.71. The minimum atomic E-state index is -1.17. The number of aromatic nitrogens is 2. The lowest BCUT2D eigenvalue weighted by molar-refractivity contribution is 0.0264. The summed E-state index contributed by atoms with van der Waals surface area (Å²) >= 11 is 3.44. The fraction of sp³-hybridized carbons (Fsp3) is 0.200. The van der Waals surface area contributed by atoms with Gasteiger partial charge in [0.1, 0.15) is 11.1 Å². The SMILES string of the molecule is CC(C)(O)COc1nn(-c2ccccc2)c(N(C(=O)O)c2ccccc2)c1Br. The number of para-hydroxylation sites is 2. The highest BCUT2D eigenvalue weighted by Gasteiger charge is 2.29. The maximum atomic E-state index is 12.1. The quantitative estimate of drug-likeness (QED) is 0.578. The summed E-state index contributed by atoms with van der Waals surface area (Å²) in [5.41, 5.74) is 0.0579. The van der Waals surface area contributed by atoms with Crippen molar-refractivity contribution in [1.29, 1.82) is 0 Å². The van der Waals surface area contributed by atoms with E-state index in [1.54, 1.807) is 38.1 Å². The van der Waals surface area contributed by atoms with Crippen molar-refractivity contribution in [2.75, 3.05) is 11.5 Å². The molecule has 0 aliphatic heterocycles. The van der Waals surface area contributed by atoms with Crippen LogP contribution in [0.3, 0.4) is 0 Å². The van der Waals surface area contributed by atoms with Crippen LogP contribution in [-0.4, -0.2) is 38.3 Å². The first kappa shape index (κ1) is 19.9. The molecule has 1 heterocycles. The zero-order valence-corrected chi connectivity index (χ0v) is 17.0. The average molecular weight is 446 g/mol. The van der Waals surface area contributed by atoms with Crippen molar-refractivity contribution in [1.82, 2.24) is 9.78 Å². The van der Waals surface area contributed by atoms with Crippen LogP contribution in [0.4, 0.5) is 16.3 Å². The average Bonchev–Trinajstić information content (AvgIpc) is 2.98. The molecule has 0 spiro atoms. The fourth-order valence-corrected chi connectivity index (χ4v) is 3.09. The van der Waals surface area contributed by atoms with E-state index in [1.807, 2.05) is 36.4 Å². The van der Waals surface area contributed by atoms with Crippen molar-refractivity contribution in [3.63, 3.8) is 0 Å². The molecule has 1 aromatic heterocycles. The standard InChI is InChI=1S/C20H20BrN3O4/c1-20(2,27)13-28-17-16(21)18(24(22-17)15-11-7-4-8-12-15)23(19(25)26)14-9-5-3-6-10-14/h3-12,27H,13H2,1-2H3,(H,25,26). The third-order valence-electron chi connectivity index (χ3n) is 3.76. The lowest BCUT2D eigenvalue weighted by Gasteiger charge is -2.20. The lowest BCUT2D eigenvalue weighted by atomic mass is 10.2. The molecule has 0 unspecified atom stereocenters. The normalized spacial score (nSPS) is 11.3. The number of nitrogens with zero attached hydrogens (tertiary/aromatic N) is 3. The van der Waals surface area contributed by atoms with Gasteiger partial charge in [-0.1, -0.05) is 36.4 Å². The summed E-state index contributed by atoms with van der Waals surface area (Å²) in [6, 6.07) is 17.9. The fourth-order valence-electron chi connectivity index (χ4n) is 2.55. The number of aliphatic hydroxyl groups is 1. The van der Waals surface area contributed by atoms with Crippen LogP contribution >= 0.6 is 15.9 Å². The van der Waals surface area contributed by atoms with E-state index in [2.05, 4.69) is 21.0 Å². The number of benzene rings is 2. The summed E-state index contributed by atoms with van der Waals surface area (Å²) < 4.78 is 7.52. The number of hydrogen-bond donors (Lipinski definition) is 2. The van der Waals surface area contributed by atoms with Gasteiger partial charge < -0.3 is 14.9 Å². The van der Waals surface area contributed by atoms with Crippen molar-refractivity contribution >= 4 is 33.5 Å². The molecule has 28 heavy (non-hydrogen) atoms. The molecule has 0 atom stereocenters. The van der Waals surface area contributed by atoms with Crippen molar-refractivity contribution in [2.45, 2.75) is 19.4 Å². The number of carbonyl (C=O) groups is 1. The Bertz CT molecular complexity index is 953. The number of hydrogen-bond acceptors (Lipinski definition) is 4. The van der Waals surface area contributed by atoms with Gasteiger partial charge in [-0.3, -0.25) is 0 Å². The van der Waals surface area contributed by atoms with Gasteiger partial charge in [0.2, 0.25) is 5.88 Å². The first-order valence-electron chi connectivity index (χ1n) is 8.55. The molecule has 146 valence electrons. The number of rotatable bonds is 6. The molecular weight excluding hydrogens is 426 g/mol. The predicted octanol–water partition coefficient (Wildman–Crippen LogP) is 4.60. The smallest absolute Gasteiger partial charge is 0.417 e. The van der Waals surface area contributed by atoms with Gasteiger partial charge in [-0.25, -0.2) is 14.4 Å². The highest BCUT2D eigenvalue weighted by Crippen LogP contribution is 2.40. The molecule has 0 fully saturated rings. The van der Waals surface area contributed by atoms with Crippen LogP contribution in [0.25, 0.3) is 5.69 Å². The third-order valence-corrected chi connectivity index (χ3v) is 4.45. The zero-order chi connectivity index (χ0) is 20.3. The number of anilines is 2. The van der Waals surface area contributed by atoms with Crippen LogP contribution in [0.15, 0.2) is 65.1 Å². The summed E-state index contributed by atoms with van der Waals surface area (Å²) in [7, 11) is 0. The Balaban J connectivity index is 2.17. The van der Waals surface area contributed by atoms with Gasteiger partial charge in [0.05, 0.1) is 17.0 Å². The van der Waals surface area contributed by atoms with Gasteiger partial charge in [0.15, 0.2) is 5.82 Å². The van der Waals surface area contributed by atoms with Crippen LogP contribution in [0.5, 0.6) is 5.88 Å². The lowest BCUT2D eigenvalue weighted by Crippen LogP contribution is -2.28. The van der Waals surface area contributed by atoms with E-state index in [1.165, 1.54) is 4.68 Å². The molecule has 0 saturated heterocycles. The Hall–Kier alpha value is -2.84. The number of carboxylic acid groups (broad SMARTS) is 1. The van der Waals surface area contributed by atoms with Gasteiger partial charge in [0.25, 0.3) is 0 Å². The predicted molar refractivity (Wildman–Crippen MR) is 110 cm³/mol. The molecule has 1 amide bonds. The second-order valence-electron chi connectivity index (χ2n) is 6.74. The highest BCUT2D eigenvalue weighted by atomic mass is 79.9. The van der Waals surface area contributed by atoms with E-state index in [0.717, 1.165) is 4.90 Å². The molecule has 2 aromatic carbocycles. The first-order valence-corrected chi connectivity index (χ1v) is 9.34. The second kappa shape index (κ2) is 8.04. The Morgan fingerprint density at radius 1 is 1.14 bits per heavy atom. The Morgan fingerprint density at radius 3 is 2.25 bits per heavy atom. The van der Waals surface area contributed by atoms with Crippen molar-refractivity contribution in [3.05, 3.63) is 65.1 Å². The van der Waals surface area contributed by atoms with Crippen molar-refractivity contribution < 1.29 is 19.7 Å². The topological polar surface area (TPSA) is 87.8 Å². The van der Waals surface area contributed by atoms with Crippen LogP contribution in [-0.2, 0) is 0 Å². The molecule has 7 nitrogen and oxygen atoms in total. The minimum Gasteiger partial charge on any atom is -0.473 e. The van der Waals surface area contributed by atoms with Crippen LogP contribution in [0.2, 0.25) is 0 Å². The van der Waals surface area contributed by atoms with E-state index in [-0.39, 0.29) is 18.3 Å². The monoisotopic (exact) mass is 445 g/mol. The van der Waals surface area contributed by atoms with E-state index >= 15 is 0 Å². The summed E-state index contributed by atoms with van der Waals surface area (Å²) in [4.78, 5) is 13.3. The van der Waals surface area contributed by atoms with Gasteiger partial charge in [-0.2, -0.15) is 0 Å². The molecule has 2 N–H and O–H groups in total. The number of halogens is 1. The van der Waals surface area contributed by atoms with Crippen LogP contribution < -0.4 is 9.64 Å². The maximum Gasteiger partial charge on any atom is 0.417 e. The van der Waals surface area contributed by atoms with Gasteiger partial charge in [0, 0.05) is 0 Å². The van der Waals surface area contributed by atoms with Gasteiger partial charge in [-0.05, 0) is 54.0 Å². The zero-order valence-electron chi connectivity index (χ0n) is 15.4. The van der Waals surface area contributed by atoms with E-state index < -0.39 is 11.7 Å². The van der Waals surface area contributed by atoms with Gasteiger partial charge in [-0.15, -0.1) is 5.10 Å². The summed E-state index contributed by atoms with van der Waals surface area (Å²) in [6.45, 7) is 3.22. The third kappa shape index (κ3) is 4.35. The van der Waals surface area contributed by atoms with Gasteiger partial charge >= 0.3 is 6.09 Å². The molecule has 0 bridgehead atoms. The van der Waals surface area contributed by atoms with Crippen molar-refractivity contribution in [3.8, 4) is 11.6 Å². The summed E-state index contributed by atoms with van der Waals surface area (Å²) in [5.74, 6) is 0.457. The minimum absolute atomic E-state index is 0.00471. The molecule has 0 aliphatic carbocycles. The molecule has 0 saturated carbocycles. The molecular formula is C20H20BrN3O4. The number of ether oxygens (including phenoxy) is 1. The summed E-state index contributed by atoms with van der Waals surface area (Å²) in [6.07, 6.45) is -1.17. The second-order valence-corrected chi connectivity index (χ2v) is 7.54. The number of amides is 1. The summed E-state index contributed by atoms with van der Waals surface area (Å²) in [5, 5.41) is 24.3. The largest absolute Gasteiger partial charge is 0.473 e. The van der Waals surface area contributed by atoms with E-state index in [0.29, 0.717) is 15.8 Å². The Morgan fingerprint density at radius 2 is 1.71 bits per heavy atom.